The molecule has 3 rings (SSSR count). The van der Waals surface area contributed by atoms with Crippen LogP contribution in [0.3, 0.4) is 0 Å². The van der Waals surface area contributed by atoms with Crippen LogP contribution >= 0.6 is 11.3 Å². The van der Waals surface area contributed by atoms with Gasteiger partial charge in [0.25, 0.3) is 5.91 Å². The number of amides is 1. The van der Waals surface area contributed by atoms with E-state index in [2.05, 4.69) is 19.2 Å². The number of aryl methyl sites for hydroxylation is 2. The van der Waals surface area contributed by atoms with Crippen LogP contribution in [0.4, 0.5) is 0 Å². The number of fused-ring (bicyclic) bond motifs is 1. The zero-order valence-corrected chi connectivity index (χ0v) is 16.1. The lowest BCUT2D eigenvalue weighted by atomic mass is 9.78. The van der Waals surface area contributed by atoms with Crippen molar-refractivity contribution in [1.29, 1.82) is 0 Å². The zero-order chi connectivity index (χ0) is 17.8. The smallest absolute Gasteiger partial charge is 0.348 e. The quantitative estimate of drug-likeness (QED) is 0.647. The largest absolute Gasteiger partial charge is 0.451 e. The SMILES string of the molecule is C[C@@H]1[C@H](C)CCC[C@@H]1NC(=O)COC(=O)c1cc2c(s1)CCCCC2. The molecule has 0 bridgehead atoms. The summed E-state index contributed by atoms with van der Waals surface area (Å²) >= 11 is 1.54. The van der Waals surface area contributed by atoms with Crippen LogP contribution in [0.5, 0.6) is 0 Å². The van der Waals surface area contributed by atoms with Crippen LogP contribution in [-0.2, 0) is 22.4 Å². The minimum absolute atomic E-state index is 0.182. The highest BCUT2D eigenvalue weighted by Gasteiger charge is 2.28. The second kappa shape index (κ2) is 8.35. The normalized spacial score (nSPS) is 26.4. The topological polar surface area (TPSA) is 55.4 Å². The van der Waals surface area contributed by atoms with Crippen molar-refractivity contribution in [2.45, 2.75) is 71.3 Å². The first kappa shape index (κ1) is 18.4. The molecule has 0 saturated heterocycles. The molecule has 138 valence electrons. The van der Waals surface area contributed by atoms with Gasteiger partial charge in [0.2, 0.25) is 0 Å². The van der Waals surface area contributed by atoms with Crippen LogP contribution in [0.25, 0.3) is 0 Å². The van der Waals surface area contributed by atoms with E-state index in [1.165, 1.54) is 47.5 Å². The summed E-state index contributed by atoms with van der Waals surface area (Å²) in [7, 11) is 0. The van der Waals surface area contributed by atoms with Gasteiger partial charge in [-0.05, 0) is 55.6 Å². The maximum absolute atomic E-state index is 12.3. The third-order valence-corrected chi connectivity index (χ3v) is 7.05. The van der Waals surface area contributed by atoms with Crippen molar-refractivity contribution in [2.24, 2.45) is 11.8 Å². The molecule has 1 fully saturated rings. The van der Waals surface area contributed by atoms with E-state index >= 15 is 0 Å². The third kappa shape index (κ3) is 4.63. The number of nitrogens with one attached hydrogen (secondary N) is 1. The molecular formula is C20H29NO3S. The Kier molecular flexibility index (Phi) is 6.15. The molecular weight excluding hydrogens is 334 g/mol. The van der Waals surface area contributed by atoms with Crippen molar-refractivity contribution in [3.8, 4) is 0 Å². The number of hydrogen-bond donors (Lipinski definition) is 1. The Morgan fingerprint density at radius 2 is 1.96 bits per heavy atom. The average Bonchev–Trinajstić information content (AvgIpc) is 2.88. The number of carbonyl (C=O) groups excluding carboxylic acids is 2. The Morgan fingerprint density at radius 3 is 2.80 bits per heavy atom. The van der Waals surface area contributed by atoms with Gasteiger partial charge in [-0.3, -0.25) is 4.79 Å². The molecule has 1 aromatic heterocycles. The number of esters is 1. The summed E-state index contributed by atoms with van der Waals surface area (Å²) in [5.74, 6) is 0.556. The molecule has 2 aliphatic rings. The molecule has 1 aromatic rings. The summed E-state index contributed by atoms with van der Waals surface area (Å²) in [6.45, 7) is 4.25. The first-order chi connectivity index (χ1) is 12.0. The van der Waals surface area contributed by atoms with E-state index in [0.29, 0.717) is 16.7 Å². The van der Waals surface area contributed by atoms with Crippen LogP contribution < -0.4 is 5.32 Å². The lowest BCUT2D eigenvalue weighted by molar-refractivity contribution is -0.125. The van der Waals surface area contributed by atoms with Gasteiger partial charge in [-0.2, -0.15) is 0 Å². The van der Waals surface area contributed by atoms with Crippen LogP contribution in [0.15, 0.2) is 6.07 Å². The van der Waals surface area contributed by atoms with Gasteiger partial charge in [-0.25, -0.2) is 4.79 Å². The van der Waals surface area contributed by atoms with Gasteiger partial charge < -0.3 is 10.1 Å². The number of hydrogen-bond acceptors (Lipinski definition) is 4. The van der Waals surface area contributed by atoms with E-state index in [0.717, 1.165) is 25.7 Å². The lowest BCUT2D eigenvalue weighted by Crippen LogP contribution is -2.45. The summed E-state index contributed by atoms with van der Waals surface area (Å²) in [5.41, 5.74) is 1.30. The Balaban J connectivity index is 1.49. The molecule has 1 N–H and O–H groups in total. The van der Waals surface area contributed by atoms with Gasteiger partial charge in [-0.15, -0.1) is 11.3 Å². The van der Waals surface area contributed by atoms with E-state index in [1.807, 2.05) is 6.07 Å². The van der Waals surface area contributed by atoms with Gasteiger partial charge >= 0.3 is 5.97 Å². The number of ether oxygens (including phenoxy) is 1. The van der Waals surface area contributed by atoms with Gasteiger partial charge in [0.1, 0.15) is 4.88 Å². The highest BCUT2D eigenvalue weighted by molar-refractivity contribution is 7.14. The van der Waals surface area contributed by atoms with Crippen LogP contribution in [0, 0.1) is 11.8 Å². The first-order valence-electron chi connectivity index (χ1n) is 9.62. The molecule has 3 atom stereocenters. The minimum Gasteiger partial charge on any atom is -0.451 e. The summed E-state index contributed by atoms with van der Waals surface area (Å²) in [6, 6.07) is 2.17. The van der Waals surface area contributed by atoms with Gasteiger partial charge in [0.15, 0.2) is 6.61 Å². The molecule has 0 aromatic carbocycles. The standard InChI is InChI=1S/C20H29NO3S/c1-13-7-6-9-16(14(13)2)21-19(22)12-24-20(23)18-11-15-8-4-3-5-10-17(15)25-18/h11,13-14,16H,3-10,12H2,1-2H3,(H,21,22)/t13-,14-,16+/m1/s1. The van der Waals surface area contributed by atoms with Crippen molar-refractivity contribution in [2.75, 3.05) is 6.61 Å². The summed E-state index contributed by atoms with van der Waals surface area (Å²) in [5, 5.41) is 3.05. The molecule has 1 heterocycles. The van der Waals surface area contributed by atoms with Crippen molar-refractivity contribution >= 4 is 23.2 Å². The van der Waals surface area contributed by atoms with E-state index < -0.39 is 0 Å². The predicted molar refractivity (Wildman–Crippen MR) is 100.0 cm³/mol. The summed E-state index contributed by atoms with van der Waals surface area (Å²) in [6.07, 6.45) is 9.16. The fourth-order valence-corrected chi connectivity index (χ4v) is 5.15. The molecule has 1 amide bonds. The highest BCUT2D eigenvalue weighted by atomic mass is 32.1. The van der Waals surface area contributed by atoms with E-state index in [4.69, 9.17) is 4.74 Å². The molecule has 0 radical (unpaired) electrons. The highest BCUT2D eigenvalue weighted by Crippen LogP contribution is 2.30. The molecule has 0 aliphatic heterocycles. The summed E-state index contributed by atoms with van der Waals surface area (Å²) in [4.78, 5) is 26.4. The fraction of sp³-hybridized carbons (Fsp3) is 0.700. The molecule has 2 aliphatic carbocycles. The second-order valence-corrected chi connectivity index (χ2v) is 8.77. The maximum Gasteiger partial charge on any atom is 0.348 e. The molecule has 25 heavy (non-hydrogen) atoms. The van der Waals surface area contributed by atoms with Crippen LogP contribution in [-0.4, -0.2) is 24.5 Å². The molecule has 0 spiro atoms. The number of carbonyl (C=O) groups is 2. The van der Waals surface area contributed by atoms with Gasteiger partial charge in [-0.1, -0.05) is 33.1 Å². The maximum atomic E-state index is 12.3. The second-order valence-electron chi connectivity index (χ2n) is 7.64. The monoisotopic (exact) mass is 363 g/mol. The van der Waals surface area contributed by atoms with Gasteiger partial charge in [0.05, 0.1) is 0 Å². The van der Waals surface area contributed by atoms with Crippen molar-refractivity contribution in [1.82, 2.24) is 5.32 Å². The average molecular weight is 364 g/mol. The van der Waals surface area contributed by atoms with Gasteiger partial charge in [0, 0.05) is 10.9 Å². The fourth-order valence-electron chi connectivity index (χ4n) is 4.00. The zero-order valence-electron chi connectivity index (χ0n) is 15.3. The molecule has 5 heteroatoms. The summed E-state index contributed by atoms with van der Waals surface area (Å²) < 4.78 is 5.26. The van der Waals surface area contributed by atoms with E-state index in [1.54, 1.807) is 0 Å². The Morgan fingerprint density at radius 1 is 1.16 bits per heavy atom. The first-order valence-corrected chi connectivity index (χ1v) is 10.4. The van der Waals surface area contributed by atoms with Crippen molar-refractivity contribution < 1.29 is 14.3 Å². The molecule has 0 unspecified atom stereocenters. The molecule has 4 nitrogen and oxygen atoms in total. The number of thiophene rings is 1. The lowest BCUT2D eigenvalue weighted by Gasteiger charge is -2.34. The Bertz CT molecular complexity index is 601. The Hall–Kier alpha value is -1.36. The van der Waals surface area contributed by atoms with E-state index in [-0.39, 0.29) is 24.5 Å². The van der Waals surface area contributed by atoms with Crippen LogP contribution in [0.2, 0.25) is 0 Å². The minimum atomic E-state index is -0.363. The van der Waals surface area contributed by atoms with Crippen LogP contribution in [0.1, 0.15) is 72.5 Å². The molecule has 1 saturated carbocycles. The Labute approximate surface area is 154 Å². The van der Waals surface area contributed by atoms with Crippen molar-refractivity contribution in [3.05, 3.63) is 21.4 Å². The van der Waals surface area contributed by atoms with E-state index in [9.17, 15) is 9.59 Å². The number of rotatable bonds is 4. The predicted octanol–water partition coefficient (Wildman–Crippen LogP) is 4.11. The van der Waals surface area contributed by atoms with Crippen molar-refractivity contribution in [3.63, 3.8) is 0 Å². The third-order valence-electron chi connectivity index (χ3n) is 5.84.